The van der Waals surface area contributed by atoms with Gasteiger partial charge in [-0.05, 0) is 30.2 Å². The molecule has 2 amide bonds. The van der Waals surface area contributed by atoms with Gasteiger partial charge in [-0.1, -0.05) is 32.0 Å². The summed E-state index contributed by atoms with van der Waals surface area (Å²) in [5.41, 5.74) is 2.87. The first-order chi connectivity index (χ1) is 13.9. The van der Waals surface area contributed by atoms with Crippen molar-refractivity contribution in [3.63, 3.8) is 0 Å². The Hall–Kier alpha value is -3.42. The monoisotopic (exact) mass is 401 g/mol. The lowest BCUT2D eigenvalue weighted by molar-refractivity contribution is -0.123. The number of nitrogens with zero attached hydrogens (tertiary/aromatic N) is 1. The highest BCUT2D eigenvalue weighted by atomic mass is 19.1. The second kappa shape index (κ2) is 10.2. The molecule has 29 heavy (non-hydrogen) atoms. The van der Waals surface area contributed by atoms with Crippen molar-refractivity contribution in [3.8, 4) is 11.5 Å². The van der Waals surface area contributed by atoms with Crippen LogP contribution < -0.4 is 20.2 Å². The van der Waals surface area contributed by atoms with Crippen molar-refractivity contribution < 1.29 is 23.5 Å². The van der Waals surface area contributed by atoms with Gasteiger partial charge in [0, 0.05) is 5.56 Å². The zero-order valence-electron chi connectivity index (χ0n) is 16.7. The molecule has 7 nitrogen and oxygen atoms in total. The summed E-state index contributed by atoms with van der Waals surface area (Å²) in [4.78, 5) is 24.8. The van der Waals surface area contributed by atoms with E-state index in [9.17, 15) is 14.0 Å². The molecule has 0 aliphatic heterocycles. The van der Waals surface area contributed by atoms with E-state index in [0.717, 1.165) is 0 Å². The Balaban J connectivity index is 2.10. The molecule has 2 N–H and O–H groups in total. The van der Waals surface area contributed by atoms with Crippen LogP contribution in [0.1, 0.15) is 29.8 Å². The quantitative estimate of drug-likeness (QED) is 0.526. The molecular formula is C21H24FN3O4. The van der Waals surface area contributed by atoms with Gasteiger partial charge in [-0.25, -0.2) is 9.82 Å². The van der Waals surface area contributed by atoms with Crippen molar-refractivity contribution >= 4 is 18.0 Å². The number of ether oxygens (including phenoxy) is 2. The van der Waals surface area contributed by atoms with Gasteiger partial charge >= 0.3 is 0 Å². The number of hydrogen-bond acceptors (Lipinski definition) is 5. The molecule has 0 aliphatic carbocycles. The molecule has 8 heteroatoms. The summed E-state index contributed by atoms with van der Waals surface area (Å²) in [5, 5.41) is 6.49. The summed E-state index contributed by atoms with van der Waals surface area (Å²) in [6.45, 7) is 3.53. The lowest BCUT2D eigenvalue weighted by Crippen LogP contribution is -2.48. The molecule has 0 fully saturated rings. The van der Waals surface area contributed by atoms with Gasteiger partial charge in [-0.15, -0.1) is 0 Å². The van der Waals surface area contributed by atoms with E-state index < -0.39 is 23.7 Å². The molecule has 0 saturated carbocycles. The van der Waals surface area contributed by atoms with Crippen LogP contribution in [0.4, 0.5) is 4.39 Å². The third kappa shape index (κ3) is 5.54. The Bertz CT molecular complexity index is 899. The molecule has 0 spiro atoms. The fourth-order valence-corrected chi connectivity index (χ4v) is 2.65. The minimum atomic E-state index is -0.897. The Labute approximate surface area is 168 Å². The lowest BCUT2D eigenvalue weighted by Gasteiger charge is -2.20. The maximum absolute atomic E-state index is 13.8. The van der Waals surface area contributed by atoms with Crippen LogP contribution in [0.5, 0.6) is 11.5 Å². The van der Waals surface area contributed by atoms with Crippen LogP contribution in [0.3, 0.4) is 0 Å². The first-order valence-electron chi connectivity index (χ1n) is 8.98. The molecule has 154 valence electrons. The van der Waals surface area contributed by atoms with E-state index >= 15 is 0 Å². The number of nitrogens with one attached hydrogen (secondary N) is 2. The van der Waals surface area contributed by atoms with Crippen molar-refractivity contribution in [2.45, 2.75) is 19.9 Å². The fourth-order valence-electron chi connectivity index (χ4n) is 2.65. The zero-order valence-corrected chi connectivity index (χ0v) is 16.7. The molecule has 1 unspecified atom stereocenters. The summed E-state index contributed by atoms with van der Waals surface area (Å²) < 4.78 is 24.3. The van der Waals surface area contributed by atoms with Crippen molar-refractivity contribution in [3.05, 3.63) is 59.4 Å². The Kier molecular flexibility index (Phi) is 7.70. The summed E-state index contributed by atoms with van der Waals surface area (Å²) in [5.74, 6) is -1.09. The average molecular weight is 401 g/mol. The van der Waals surface area contributed by atoms with Crippen molar-refractivity contribution in [1.29, 1.82) is 0 Å². The molecule has 1 atom stereocenters. The Morgan fingerprint density at radius 3 is 2.41 bits per heavy atom. The molecule has 0 aliphatic rings. The van der Waals surface area contributed by atoms with E-state index in [2.05, 4.69) is 15.8 Å². The normalized spacial score (nSPS) is 11.9. The first-order valence-corrected chi connectivity index (χ1v) is 8.98. The largest absolute Gasteiger partial charge is 0.493 e. The van der Waals surface area contributed by atoms with Crippen LogP contribution in [0.25, 0.3) is 0 Å². The predicted molar refractivity (Wildman–Crippen MR) is 108 cm³/mol. The molecule has 0 bridgehead atoms. The van der Waals surface area contributed by atoms with E-state index in [4.69, 9.17) is 9.47 Å². The van der Waals surface area contributed by atoms with Crippen molar-refractivity contribution in [1.82, 2.24) is 10.7 Å². The Morgan fingerprint density at radius 1 is 1.07 bits per heavy atom. The maximum atomic E-state index is 13.8. The van der Waals surface area contributed by atoms with Crippen molar-refractivity contribution in [2.75, 3.05) is 14.2 Å². The number of methoxy groups -OCH3 is 2. The summed E-state index contributed by atoms with van der Waals surface area (Å²) in [6.07, 6.45) is 1.41. The lowest BCUT2D eigenvalue weighted by atomic mass is 10.0. The summed E-state index contributed by atoms with van der Waals surface area (Å²) >= 11 is 0. The molecule has 2 aromatic carbocycles. The SMILES string of the molecule is COc1cccc(C=NNC(=O)C(NC(=O)c2ccccc2F)C(C)C)c1OC. The van der Waals surface area contributed by atoms with Crippen LogP contribution in [-0.2, 0) is 4.79 Å². The average Bonchev–Trinajstić information content (AvgIpc) is 2.71. The van der Waals surface area contributed by atoms with Crippen LogP contribution in [-0.4, -0.2) is 38.3 Å². The van der Waals surface area contributed by atoms with Gasteiger partial charge < -0.3 is 14.8 Å². The van der Waals surface area contributed by atoms with E-state index in [0.29, 0.717) is 17.1 Å². The number of carbonyl (C=O) groups is 2. The number of para-hydroxylation sites is 1. The van der Waals surface area contributed by atoms with Gasteiger partial charge in [-0.3, -0.25) is 9.59 Å². The van der Waals surface area contributed by atoms with E-state index in [1.165, 1.54) is 38.6 Å². The van der Waals surface area contributed by atoms with E-state index in [1.807, 2.05) is 0 Å². The number of amides is 2. The summed E-state index contributed by atoms with van der Waals surface area (Å²) in [7, 11) is 3.02. The highest BCUT2D eigenvalue weighted by Gasteiger charge is 2.25. The van der Waals surface area contributed by atoms with Gasteiger partial charge in [-0.2, -0.15) is 5.10 Å². The van der Waals surface area contributed by atoms with Crippen molar-refractivity contribution in [2.24, 2.45) is 11.0 Å². The second-order valence-electron chi connectivity index (χ2n) is 6.49. The van der Waals surface area contributed by atoms with Gasteiger partial charge in [0.25, 0.3) is 11.8 Å². The molecule has 0 heterocycles. The minimum Gasteiger partial charge on any atom is -0.493 e. The molecule has 2 aromatic rings. The maximum Gasteiger partial charge on any atom is 0.262 e. The standard InChI is InChI=1S/C21H24FN3O4/c1-13(2)18(24-20(26)15-9-5-6-10-16(15)22)21(27)25-23-12-14-8-7-11-17(28-3)19(14)29-4/h5-13,18H,1-4H3,(H,24,26)(H,25,27). The van der Waals surface area contributed by atoms with E-state index in [-0.39, 0.29) is 11.5 Å². The minimum absolute atomic E-state index is 0.129. The number of rotatable bonds is 8. The van der Waals surface area contributed by atoms with Gasteiger partial charge in [0.15, 0.2) is 11.5 Å². The number of hydrogen-bond donors (Lipinski definition) is 2. The highest BCUT2D eigenvalue weighted by Crippen LogP contribution is 2.29. The van der Waals surface area contributed by atoms with Gasteiger partial charge in [0.1, 0.15) is 11.9 Å². The molecule has 0 saturated heterocycles. The Morgan fingerprint density at radius 2 is 1.79 bits per heavy atom. The second-order valence-corrected chi connectivity index (χ2v) is 6.49. The number of hydrazone groups is 1. The topological polar surface area (TPSA) is 89.0 Å². The first kappa shape index (κ1) is 21.9. The predicted octanol–water partition coefficient (Wildman–Crippen LogP) is 2.75. The van der Waals surface area contributed by atoms with Crippen LogP contribution in [0.15, 0.2) is 47.6 Å². The van der Waals surface area contributed by atoms with Crippen LogP contribution in [0, 0.1) is 11.7 Å². The van der Waals surface area contributed by atoms with Gasteiger partial charge in [0.2, 0.25) is 0 Å². The summed E-state index contributed by atoms with van der Waals surface area (Å²) in [6, 6.07) is 9.92. The molecule has 0 radical (unpaired) electrons. The zero-order chi connectivity index (χ0) is 21.4. The molecule has 0 aromatic heterocycles. The number of carbonyl (C=O) groups excluding carboxylic acids is 2. The fraction of sp³-hybridized carbons (Fsp3) is 0.286. The number of benzene rings is 2. The number of halogens is 1. The van der Waals surface area contributed by atoms with Crippen LogP contribution in [0.2, 0.25) is 0 Å². The molecular weight excluding hydrogens is 377 g/mol. The van der Waals surface area contributed by atoms with Gasteiger partial charge in [0.05, 0.1) is 26.0 Å². The third-order valence-corrected chi connectivity index (χ3v) is 4.17. The van der Waals surface area contributed by atoms with E-state index in [1.54, 1.807) is 38.1 Å². The molecule has 2 rings (SSSR count). The smallest absolute Gasteiger partial charge is 0.262 e. The highest BCUT2D eigenvalue weighted by molar-refractivity contribution is 5.98. The van der Waals surface area contributed by atoms with Crippen LogP contribution >= 0.6 is 0 Å². The third-order valence-electron chi connectivity index (χ3n) is 4.17.